The maximum Gasteiger partial charge on any atom is 0.242 e. The van der Waals surface area contributed by atoms with Crippen molar-refractivity contribution in [3.05, 3.63) is 30.3 Å². The molecule has 0 spiro atoms. The molecule has 1 saturated heterocycles. The lowest BCUT2D eigenvalue weighted by atomic mass is 9.85. The third-order valence-corrected chi connectivity index (χ3v) is 4.64. The lowest BCUT2D eigenvalue weighted by Gasteiger charge is -2.36. The standard InChI is InChI=1S/C17H23N3O2/c21-16(13-18-17(22)14-5-4-6-14)20-11-9-19(10-12-20)15-7-2-1-3-8-15/h1-3,7-8,14H,4-6,9-13H2,(H,18,22). The van der Waals surface area contributed by atoms with Crippen LogP contribution in [-0.2, 0) is 9.59 Å². The van der Waals surface area contributed by atoms with E-state index in [1.807, 2.05) is 23.1 Å². The fraction of sp³-hybridized carbons (Fsp3) is 0.529. The summed E-state index contributed by atoms with van der Waals surface area (Å²) in [4.78, 5) is 28.1. The highest BCUT2D eigenvalue weighted by molar-refractivity contribution is 5.86. The van der Waals surface area contributed by atoms with Crippen molar-refractivity contribution < 1.29 is 9.59 Å². The number of carbonyl (C=O) groups excluding carboxylic acids is 2. The van der Waals surface area contributed by atoms with Crippen molar-refractivity contribution in [1.82, 2.24) is 10.2 Å². The number of para-hydroxylation sites is 1. The Hall–Kier alpha value is -2.04. The number of rotatable bonds is 4. The molecular formula is C17H23N3O2. The second-order valence-electron chi connectivity index (χ2n) is 6.05. The first-order valence-electron chi connectivity index (χ1n) is 8.09. The molecule has 0 bridgehead atoms. The van der Waals surface area contributed by atoms with Gasteiger partial charge >= 0.3 is 0 Å². The Morgan fingerprint density at radius 2 is 1.73 bits per heavy atom. The molecule has 1 N–H and O–H groups in total. The summed E-state index contributed by atoms with van der Waals surface area (Å²) in [5, 5.41) is 2.78. The number of anilines is 1. The van der Waals surface area contributed by atoms with Gasteiger partial charge in [0.2, 0.25) is 11.8 Å². The van der Waals surface area contributed by atoms with Gasteiger partial charge in [-0.1, -0.05) is 24.6 Å². The average Bonchev–Trinajstić information content (AvgIpc) is 2.52. The fourth-order valence-electron chi connectivity index (χ4n) is 2.94. The highest BCUT2D eigenvalue weighted by atomic mass is 16.2. The number of carbonyl (C=O) groups is 2. The first kappa shape index (κ1) is 14.9. The largest absolute Gasteiger partial charge is 0.368 e. The predicted molar refractivity (Wildman–Crippen MR) is 85.6 cm³/mol. The summed E-state index contributed by atoms with van der Waals surface area (Å²) in [6.07, 6.45) is 3.07. The molecule has 1 aliphatic carbocycles. The van der Waals surface area contributed by atoms with Crippen LogP contribution >= 0.6 is 0 Å². The maximum absolute atomic E-state index is 12.2. The summed E-state index contributed by atoms with van der Waals surface area (Å²) in [5.74, 6) is 0.214. The summed E-state index contributed by atoms with van der Waals surface area (Å²) >= 11 is 0. The Morgan fingerprint density at radius 3 is 2.32 bits per heavy atom. The lowest BCUT2D eigenvalue weighted by Crippen LogP contribution is -2.51. The number of benzene rings is 1. The summed E-state index contributed by atoms with van der Waals surface area (Å²) in [6.45, 7) is 3.25. The summed E-state index contributed by atoms with van der Waals surface area (Å²) < 4.78 is 0. The van der Waals surface area contributed by atoms with Gasteiger partial charge in [0.15, 0.2) is 0 Å². The van der Waals surface area contributed by atoms with Crippen molar-refractivity contribution >= 4 is 17.5 Å². The quantitative estimate of drug-likeness (QED) is 0.911. The van der Waals surface area contributed by atoms with Gasteiger partial charge in [-0.15, -0.1) is 0 Å². The van der Waals surface area contributed by atoms with E-state index in [2.05, 4.69) is 22.3 Å². The Bertz CT molecular complexity index is 520. The fourth-order valence-corrected chi connectivity index (χ4v) is 2.94. The maximum atomic E-state index is 12.2. The van der Waals surface area contributed by atoms with Crippen LogP contribution in [0.2, 0.25) is 0 Å². The van der Waals surface area contributed by atoms with Crippen molar-refractivity contribution in [2.45, 2.75) is 19.3 Å². The molecule has 0 atom stereocenters. The van der Waals surface area contributed by atoms with Gasteiger partial charge < -0.3 is 15.1 Å². The van der Waals surface area contributed by atoms with Gasteiger partial charge in [-0.25, -0.2) is 0 Å². The first-order valence-corrected chi connectivity index (χ1v) is 8.09. The topological polar surface area (TPSA) is 52.7 Å². The molecule has 0 radical (unpaired) electrons. The van der Waals surface area contributed by atoms with Crippen LogP contribution in [-0.4, -0.2) is 49.4 Å². The number of nitrogens with zero attached hydrogens (tertiary/aromatic N) is 2. The van der Waals surface area contributed by atoms with E-state index in [0.29, 0.717) is 13.1 Å². The monoisotopic (exact) mass is 301 g/mol. The van der Waals surface area contributed by atoms with Gasteiger partial charge in [0.25, 0.3) is 0 Å². The van der Waals surface area contributed by atoms with Gasteiger partial charge in [-0.3, -0.25) is 9.59 Å². The Labute approximate surface area is 131 Å². The summed E-state index contributed by atoms with van der Waals surface area (Å²) in [5.41, 5.74) is 1.20. The van der Waals surface area contributed by atoms with Gasteiger partial charge in [-0.05, 0) is 25.0 Å². The third kappa shape index (κ3) is 3.40. The van der Waals surface area contributed by atoms with E-state index in [1.165, 1.54) is 5.69 Å². The van der Waals surface area contributed by atoms with Gasteiger partial charge in [0, 0.05) is 37.8 Å². The SMILES string of the molecule is O=C(NCC(=O)N1CCN(c2ccccc2)CC1)C1CCC1. The van der Waals surface area contributed by atoms with Crippen molar-refractivity contribution in [2.75, 3.05) is 37.6 Å². The van der Waals surface area contributed by atoms with Crippen LogP contribution < -0.4 is 10.2 Å². The molecule has 5 heteroatoms. The van der Waals surface area contributed by atoms with Gasteiger partial charge in [0.05, 0.1) is 6.54 Å². The van der Waals surface area contributed by atoms with Crippen LogP contribution in [0.1, 0.15) is 19.3 Å². The van der Waals surface area contributed by atoms with Crippen LogP contribution in [0.5, 0.6) is 0 Å². The molecule has 0 unspecified atom stereocenters. The van der Waals surface area contributed by atoms with Crippen molar-refractivity contribution in [3.8, 4) is 0 Å². The zero-order valence-corrected chi connectivity index (χ0v) is 12.8. The smallest absolute Gasteiger partial charge is 0.242 e. The van der Waals surface area contributed by atoms with Crippen molar-refractivity contribution in [2.24, 2.45) is 5.92 Å². The van der Waals surface area contributed by atoms with Crippen LogP contribution in [0.25, 0.3) is 0 Å². The number of hydrogen-bond donors (Lipinski definition) is 1. The molecule has 1 aliphatic heterocycles. The molecule has 2 fully saturated rings. The molecule has 2 amide bonds. The predicted octanol–water partition coefficient (Wildman–Crippen LogP) is 1.25. The molecule has 22 heavy (non-hydrogen) atoms. The summed E-state index contributed by atoms with van der Waals surface area (Å²) in [7, 11) is 0. The Morgan fingerprint density at radius 1 is 1.05 bits per heavy atom. The molecule has 5 nitrogen and oxygen atoms in total. The second-order valence-corrected chi connectivity index (χ2v) is 6.05. The molecular weight excluding hydrogens is 278 g/mol. The van der Waals surface area contributed by atoms with E-state index < -0.39 is 0 Å². The number of hydrogen-bond acceptors (Lipinski definition) is 3. The van der Waals surface area contributed by atoms with E-state index in [1.54, 1.807) is 0 Å². The van der Waals surface area contributed by atoms with Crippen LogP contribution in [0.3, 0.4) is 0 Å². The number of amides is 2. The van der Waals surface area contributed by atoms with E-state index in [4.69, 9.17) is 0 Å². The normalized spacial score (nSPS) is 18.7. The molecule has 3 rings (SSSR count). The van der Waals surface area contributed by atoms with E-state index in [9.17, 15) is 9.59 Å². The minimum atomic E-state index is 0.0281. The van der Waals surface area contributed by atoms with Crippen LogP contribution in [0, 0.1) is 5.92 Å². The molecule has 118 valence electrons. The molecule has 0 aromatic heterocycles. The lowest BCUT2D eigenvalue weighted by molar-refractivity contribution is -0.135. The second kappa shape index (κ2) is 6.81. The number of piperazine rings is 1. The number of nitrogens with one attached hydrogen (secondary N) is 1. The first-order chi connectivity index (χ1) is 10.7. The van der Waals surface area contributed by atoms with Gasteiger partial charge in [-0.2, -0.15) is 0 Å². The molecule has 1 heterocycles. The average molecular weight is 301 g/mol. The zero-order valence-electron chi connectivity index (χ0n) is 12.8. The Kier molecular flexibility index (Phi) is 4.61. The van der Waals surface area contributed by atoms with Gasteiger partial charge in [0.1, 0.15) is 0 Å². The van der Waals surface area contributed by atoms with E-state index >= 15 is 0 Å². The van der Waals surface area contributed by atoms with Crippen molar-refractivity contribution in [1.29, 1.82) is 0 Å². The summed E-state index contributed by atoms with van der Waals surface area (Å²) in [6, 6.07) is 10.3. The highest BCUT2D eigenvalue weighted by Crippen LogP contribution is 2.26. The van der Waals surface area contributed by atoms with Crippen LogP contribution in [0.15, 0.2) is 30.3 Å². The van der Waals surface area contributed by atoms with Crippen LogP contribution in [0.4, 0.5) is 5.69 Å². The molecule has 1 aromatic carbocycles. The minimum absolute atomic E-state index is 0.0281. The molecule has 1 aromatic rings. The Balaban J connectivity index is 1.42. The molecule has 1 saturated carbocycles. The molecule has 2 aliphatic rings. The highest BCUT2D eigenvalue weighted by Gasteiger charge is 2.26. The van der Waals surface area contributed by atoms with Crippen molar-refractivity contribution in [3.63, 3.8) is 0 Å². The zero-order chi connectivity index (χ0) is 15.4. The minimum Gasteiger partial charge on any atom is -0.368 e. The van der Waals surface area contributed by atoms with E-state index in [-0.39, 0.29) is 24.3 Å². The van der Waals surface area contributed by atoms with E-state index in [0.717, 1.165) is 32.4 Å². The third-order valence-electron chi connectivity index (χ3n) is 4.64.